The fourth-order valence-electron chi connectivity index (χ4n) is 0.871. The van der Waals surface area contributed by atoms with Gasteiger partial charge in [-0.3, -0.25) is 0 Å². The molecule has 0 amide bonds. The van der Waals surface area contributed by atoms with Gasteiger partial charge in [0.15, 0.2) is 0 Å². The van der Waals surface area contributed by atoms with Gasteiger partial charge in [0, 0.05) is 21.8 Å². The molecule has 0 saturated carbocycles. The summed E-state index contributed by atoms with van der Waals surface area (Å²) in [5.41, 5.74) is 0. The van der Waals surface area contributed by atoms with Gasteiger partial charge >= 0.3 is 0 Å². The summed E-state index contributed by atoms with van der Waals surface area (Å²) in [7, 11) is 1.36. The van der Waals surface area contributed by atoms with Gasteiger partial charge in [0.05, 0.1) is 5.75 Å². The molecule has 84 valence electrons. The first kappa shape index (κ1) is 12.5. The summed E-state index contributed by atoms with van der Waals surface area (Å²) >= 11 is 5.55. The highest BCUT2D eigenvalue weighted by Crippen LogP contribution is 2.20. The van der Waals surface area contributed by atoms with Gasteiger partial charge in [0.25, 0.3) is 0 Å². The second-order valence-electron chi connectivity index (χ2n) is 2.70. The van der Waals surface area contributed by atoms with Crippen molar-refractivity contribution < 1.29 is 17.5 Å². The van der Waals surface area contributed by atoms with Crippen LogP contribution in [0.4, 0.5) is 4.39 Å². The van der Waals surface area contributed by atoms with E-state index in [0.717, 1.165) is 12.1 Å². The zero-order chi connectivity index (χ0) is 11.5. The molecular weight excluding hydrogens is 266 g/mol. The lowest BCUT2D eigenvalue weighted by Crippen LogP contribution is -2.08. The SMILES string of the molecule is O=S(=O)(Cl)CCOc1cc(F)cc(Cl)c1. The molecule has 0 heterocycles. The normalized spacial score (nSPS) is 11.4. The van der Waals surface area contributed by atoms with Crippen LogP contribution in [-0.2, 0) is 9.05 Å². The smallest absolute Gasteiger partial charge is 0.235 e. The van der Waals surface area contributed by atoms with E-state index in [4.69, 9.17) is 27.0 Å². The molecule has 0 aliphatic heterocycles. The summed E-state index contributed by atoms with van der Waals surface area (Å²) in [5, 5.41) is 0.179. The van der Waals surface area contributed by atoms with Crippen molar-refractivity contribution in [2.75, 3.05) is 12.4 Å². The molecule has 0 aromatic heterocycles. The van der Waals surface area contributed by atoms with Crippen molar-refractivity contribution in [1.82, 2.24) is 0 Å². The minimum Gasteiger partial charge on any atom is -0.492 e. The molecule has 1 rings (SSSR count). The van der Waals surface area contributed by atoms with Crippen molar-refractivity contribution in [3.05, 3.63) is 29.0 Å². The maximum atomic E-state index is 12.8. The minimum atomic E-state index is -3.59. The van der Waals surface area contributed by atoms with Crippen LogP contribution in [0.1, 0.15) is 0 Å². The van der Waals surface area contributed by atoms with Crippen molar-refractivity contribution in [1.29, 1.82) is 0 Å². The first-order valence-electron chi connectivity index (χ1n) is 3.88. The molecular formula is C8H7Cl2FO3S. The van der Waals surface area contributed by atoms with Crippen LogP contribution < -0.4 is 4.74 Å². The second kappa shape index (κ2) is 5.01. The molecule has 0 aliphatic rings. The number of benzene rings is 1. The summed E-state index contributed by atoms with van der Waals surface area (Å²) in [4.78, 5) is 0. The van der Waals surface area contributed by atoms with Crippen molar-refractivity contribution in [3.8, 4) is 5.75 Å². The lowest BCUT2D eigenvalue weighted by molar-refractivity contribution is 0.339. The number of halogens is 3. The van der Waals surface area contributed by atoms with Crippen LogP contribution in [0.5, 0.6) is 5.75 Å². The first-order chi connectivity index (χ1) is 6.87. The Kier molecular flexibility index (Phi) is 4.19. The Morgan fingerprint density at radius 3 is 2.53 bits per heavy atom. The van der Waals surface area contributed by atoms with Crippen LogP contribution in [0.15, 0.2) is 18.2 Å². The van der Waals surface area contributed by atoms with Crippen molar-refractivity contribution in [2.45, 2.75) is 0 Å². The Balaban J connectivity index is 2.58. The monoisotopic (exact) mass is 272 g/mol. The molecule has 1 aromatic rings. The van der Waals surface area contributed by atoms with Gasteiger partial charge < -0.3 is 4.74 Å². The molecule has 3 nitrogen and oxygen atoms in total. The Bertz CT molecular complexity index is 427. The molecule has 0 fully saturated rings. The van der Waals surface area contributed by atoms with Crippen LogP contribution in [0.2, 0.25) is 5.02 Å². The average Bonchev–Trinajstić information content (AvgIpc) is 1.99. The molecule has 0 unspecified atom stereocenters. The lowest BCUT2D eigenvalue weighted by Gasteiger charge is -2.05. The Labute approximate surface area is 96.2 Å². The summed E-state index contributed by atoms with van der Waals surface area (Å²) in [5.74, 6) is -0.727. The average molecular weight is 273 g/mol. The second-order valence-corrected chi connectivity index (χ2v) is 6.03. The lowest BCUT2D eigenvalue weighted by atomic mass is 10.3. The summed E-state index contributed by atoms with van der Waals surface area (Å²) in [6.07, 6.45) is 0. The molecule has 0 saturated heterocycles. The number of hydrogen-bond donors (Lipinski definition) is 0. The highest BCUT2D eigenvalue weighted by atomic mass is 35.7. The van der Waals surface area contributed by atoms with Gasteiger partial charge in [-0.2, -0.15) is 0 Å². The fourth-order valence-corrected chi connectivity index (χ4v) is 1.55. The van der Waals surface area contributed by atoms with E-state index >= 15 is 0 Å². The van der Waals surface area contributed by atoms with Crippen LogP contribution in [0.3, 0.4) is 0 Å². The standard InChI is InChI=1S/C8H7Cl2FO3S/c9-6-3-7(11)5-8(4-6)14-1-2-15(10,12)13/h3-5H,1-2H2. The topological polar surface area (TPSA) is 43.4 Å². The largest absolute Gasteiger partial charge is 0.492 e. The predicted octanol–water partition coefficient (Wildman–Crippen LogP) is 2.43. The Morgan fingerprint density at radius 2 is 2.00 bits per heavy atom. The fraction of sp³-hybridized carbons (Fsp3) is 0.250. The number of ether oxygens (including phenoxy) is 1. The van der Waals surface area contributed by atoms with E-state index < -0.39 is 14.9 Å². The van der Waals surface area contributed by atoms with Gasteiger partial charge in [-0.25, -0.2) is 12.8 Å². The number of rotatable bonds is 4. The zero-order valence-electron chi connectivity index (χ0n) is 7.41. The van der Waals surface area contributed by atoms with E-state index in [2.05, 4.69) is 0 Å². The maximum absolute atomic E-state index is 12.8. The van der Waals surface area contributed by atoms with Gasteiger partial charge in [0.2, 0.25) is 9.05 Å². The van der Waals surface area contributed by atoms with Crippen molar-refractivity contribution in [3.63, 3.8) is 0 Å². The third-order valence-corrected chi connectivity index (χ3v) is 2.77. The van der Waals surface area contributed by atoms with E-state index in [9.17, 15) is 12.8 Å². The van der Waals surface area contributed by atoms with Crippen LogP contribution in [0, 0.1) is 5.82 Å². The minimum absolute atomic E-state index is 0.147. The van der Waals surface area contributed by atoms with E-state index in [0.29, 0.717) is 0 Å². The molecule has 0 radical (unpaired) electrons. The van der Waals surface area contributed by atoms with E-state index in [1.807, 2.05) is 0 Å². The van der Waals surface area contributed by atoms with Crippen LogP contribution in [0.25, 0.3) is 0 Å². The van der Waals surface area contributed by atoms with Crippen molar-refractivity contribution >= 4 is 31.3 Å². The quantitative estimate of drug-likeness (QED) is 0.791. The van der Waals surface area contributed by atoms with Crippen LogP contribution in [-0.4, -0.2) is 20.8 Å². The first-order valence-corrected chi connectivity index (χ1v) is 6.74. The van der Waals surface area contributed by atoms with Crippen LogP contribution >= 0.6 is 22.3 Å². The number of hydrogen-bond acceptors (Lipinski definition) is 3. The highest BCUT2D eigenvalue weighted by Gasteiger charge is 2.06. The Hall–Kier alpha value is -0.520. The molecule has 1 aromatic carbocycles. The molecule has 0 aliphatic carbocycles. The summed E-state index contributed by atoms with van der Waals surface area (Å²) in [6, 6.07) is 3.60. The molecule has 15 heavy (non-hydrogen) atoms. The highest BCUT2D eigenvalue weighted by molar-refractivity contribution is 8.13. The maximum Gasteiger partial charge on any atom is 0.235 e. The van der Waals surface area contributed by atoms with Gasteiger partial charge in [-0.05, 0) is 12.1 Å². The summed E-state index contributed by atoms with van der Waals surface area (Å²) in [6.45, 7) is -0.147. The van der Waals surface area contributed by atoms with Gasteiger partial charge in [0.1, 0.15) is 18.2 Å². The third-order valence-electron chi connectivity index (χ3n) is 1.43. The van der Waals surface area contributed by atoms with E-state index in [1.54, 1.807) is 0 Å². The molecule has 0 spiro atoms. The van der Waals surface area contributed by atoms with Gasteiger partial charge in [-0.15, -0.1) is 0 Å². The molecule has 7 heteroatoms. The van der Waals surface area contributed by atoms with E-state index in [-0.39, 0.29) is 23.1 Å². The van der Waals surface area contributed by atoms with E-state index in [1.165, 1.54) is 6.07 Å². The molecule has 0 N–H and O–H groups in total. The summed E-state index contributed by atoms with van der Waals surface area (Å²) < 4.78 is 38.8. The Morgan fingerprint density at radius 1 is 1.33 bits per heavy atom. The predicted molar refractivity (Wildman–Crippen MR) is 56.5 cm³/mol. The zero-order valence-corrected chi connectivity index (χ0v) is 9.74. The van der Waals surface area contributed by atoms with Crippen molar-refractivity contribution in [2.24, 2.45) is 0 Å². The molecule has 0 atom stereocenters. The molecule has 0 bridgehead atoms. The third kappa shape index (κ3) is 5.20. The van der Waals surface area contributed by atoms with Gasteiger partial charge in [-0.1, -0.05) is 11.6 Å².